The summed E-state index contributed by atoms with van der Waals surface area (Å²) in [4.78, 5) is 34.4. The highest BCUT2D eigenvalue weighted by Crippen LogP contribution is 2.14. The number of hydrogen-bond donors (Lipinski definition) is 2. The number of methoxy groups -OCH3 is 1. The first kappa shape index (κ1) is 16.6. The maximum Gasteiger partial charge on any atom is 0.347 e. The first-order valence-corrected chi connectivity index (χ1v) is 7.13. The molecule has 1 aliphatic heterocycles. The Kier molecular flexibility index (Phi) is 5.79. The molecule has 0 aliphatic carbocycles. The summed E-state index contributed by atoms with van der Waals surface area (Å²) < 4.78 is 14.7. The van der Waals surface area contributed by atoms with Crippen molar-refractivity contribution in [3.05, 3.63) is 24.3 Å². The lowest BCUT2D eigenvalue weighted by Crippen LogP contribution is -2.32. The molecular weight excluding hydrogens is 304 g/mol. The number of rotatable bonds is 6. The van der Waals surface area contributed by atoms with Gasteiger partial charge in [-0.25, -0.2) is 9.59 Å². The van der Waals surface area contributed by atoms with Crippen molar-refractivity contribution in [2.45, 2.75) is 18.9 Å². The van der Waals surface area contributed by atoms with E-state index in [0.717, 1.165) is 0 Å². The van der Waals surface area contributed by atoms with Crippen LogP contribution in [0.25, 0.3) is 0 Å². The molecule has 0 unspecified atom stereocenters. The summed E-state index contributed by atoms with van der Waals surface area (Å²) in [6.07, 6.45) is -0.480. The van der Waals surface area contributed by atoms with Gasteiger partial charge in [0.1, 0.15) is 5.75 Å². The van der Waals surface area contributed by atoms with Gasteiger partial charge >= 0.3 is 18.0 Å². The molecular formula is C15H18N2O6. The Hall–Kier alpha value is -2.77. The van der Waals surface area contributed by atoms with Gasteiger partial charge in [-0.05, 0) is 24.3 Å². The highest BCUT2D eigenvalue weighted by atomic mass is 16.6. The van der Waals surface area contributed by atoms with E-state index in [1.807, 2.05) is 0 Å². The molecule has 0 aromatic heterocycles. The first-order valence-electron chi connectivity index (χ1n) is 7.13. The second kappa shape index (κ2) is 8.02. The molecule has 1 heterocycles. The molecule has 8 nitrogen and oxygen atoms in total. The Morgan fingerprint density at radius 2 is 2.04 bits per heavy atom. The Balaban J connectivity index is 1.65. The van der Waals surface area contributed by atoms with Crippen LogP contribution in [-0.4, -0.2) is 44.3 Å². The third-order valence-electron chi connectivity index (χ3n) is 3.12. The van der Waals surface area contributed by atoms with E-state index >= 15 is 0 Å². The molecule has 2 rings (SSSR count). The molecule has 0 saturated carbocycles. The third kappa shape index (κ3) is 5.17. The molecule has 0 bridgehead atoms. The zero-order chi connectivity index (χ0) is 16.7. The topological polar surface area (TPSA) is 103 Å². The molecule has 1 atom stereocenters. The van der Waals surface area contributed by atoms with Gasteiger partial charge in [-0.15, -0.1) is 0 Å². The Bertz CT molecular complexity index is 572. The number of hydrogen-bond acceptors (Lipinski definition) is 6. The molecule has 8 heteroatoms. The van der Waals surface area contributed by atoms with Gasteiger partial charge in [-0.3, -0.25) is 4.79 Å². The van der Waals surface area contributed by atoms with Gasteiger partial charge in [0.15, 0.2) is 0 Å². The van der Waals surface area contributed by atoms with Crippen molar-refractivity contribution in [1.82, 2.24) is 5.32 Å². The molecule has 1 saturated heterocycles. The predicted octanol–water partition coefficient (Wildman–Crippen LogP) is 1.07. The van der Waals surface area contributed by atoms with Gasteiger partial charge in [0.05, 0.1) is 20.1 Å². The molecule has 2 N–H and O–H groups in total. The summed E-state index contributed by atoms with van der Waals surface area (Å²) in [5.74, 6) is -0.397. The van der Waals surface area contributed by atoms with Crippen LogP contribution in [0.3, 0.4) is 0 Å². The number of benzene rings is 1. The standard InChI is InChI=1S/C15H18N2O6/c1-21-11-4-2-10(3-5-11)17-15(20)16-8-6-13(18)23-12-7-9-22-14(12)19/h2-5,12H,6-9H2,1H3,(H2,16,17,20)/t12-/m0/s1. The Labute approximate surface area is 133 Å². The summed E-state index contributed by atoms with van der Waals surface area (Å²) >= 11 is 0. The van der Waals surface area contributed by atoms with Crippen LogP contribution >= 0.6 is 0 Å². The lowest BCUT2D eigenvalue weighted by Gasteiger charge is -2.10. The van der Waals surface area contributed by atoms with Gasteiger partial charge in [0, 0.05) is 18.7 Å². The average Bonchev–Trinajstić information content (AvgIpc) is 2.93. The van der Waals surface area contributed by atoms with Crippen LogP contribution in [0.15, 0.2) is 24.3 Å². The quantitative estimate of drug-likeness (QED) is 0.759. The van der Waals surface area contributed by atoms with Crippen LogP contribution in [0.4, 0.5) is 10.5 Å². The van der Waals surface area contributed by atoms with Crippen molar-refractivity contribution in [3.8, 4) is 5.75 Å². The van der Waals surface area contributed by atoms with Crippen molar-refractivity contribution < 1.29 is 28.6 Å². The molecule has 1 fully saturated rings. The maximum atomic E-state index is 11.7. The van der Waals surface area contributed by atoms with E-state index in [4.69, 9.17) is 9.47 Å². The van der Waals surface area contributed by atoms with E-state index in [1.165, 1.54) is 0 Å². The lowest BCUT2D eigenvalue weighted by molar-refractivity contribution is -0.160. The third-order valence-corrected chi connectivity index (χ3v) is 3.12. The predicted molar refractivity (Wildman–Crippen MR) is 80.1 cm³/mol. The summed E-state index contributed by atoms with van der Waals surface area (Å²) in [5, 5.41) is 5.14. The number of anilines is 1. The van der Waals surface area contributed by atoms with Crippen molar-refractivity contribution in [1.29, 1.82) is 0 Å². The molecule has 0 spiro atoms. The minimum absolute atomic E-state index is 0.0280. The Morgan fingerprint density at radius 1 is 1.30 bits per heavy atom. The SMILES string of the molecule is COc1ccc(NC(=O)NCCC(=O)O[C@H]2CCOC2=O)cc1. The maximum absolute atomic E-state index is 11.7. The van der Waals surface area contributed by atoms with E-state index in [-0.39, 0.29) is 19.6 Å². The molecule has 1 aliphatic rings. The number of carbonyl (C=O) groups excluding carboxylic acids is 3. The number of urea groups is 1. The molecule has 2 amide bonds. The first-order chi connectivity index (χ1) is 11.1. The van der Waals surface area contributed by atoms with E-state index < -0.39 is 24.1 Å². The summed E-state index contributed by atoms with van der Waals surface area (Å²) in [7, 11) is 1.56. The van der Waals surface area contributed by atoms with Crippen LogP contribution in [0.2, 0.25) is 0 Å². The Morgan fingerprint density at radius 3 is 2.65 bits per heavy atom. The zero-order valence-corrected chi connectivity index (χ0v) is 12.7. The fourth-order valence-corrected chi connectivity index (χ4v) is 1.93. The van der Waals surface area contributed by atoms with Crippen LogP contribution in [0.5, 0.6) is 5.75 Å². The van der Waals surface area contributed by atoms with Gasteiger partial charge in [-0.2, -0.15) is 0 Å². The van der Waals surface area contributed by atoms with E-state index in [0.29, 0.717) is 17.9 Å². The molecule has 23 heavy (non-hydrogen) atoms. The molecule has 0 radical (unpaired) electrons. The minimum atomic E-state index is -0.823. The summed E-state index contributed by atoms with van der Waals surface area (Å²) in [5.41, 5.74) is 0.597. The van der Waals surface area contributed by atoms with Gasteiger partial charge in [0.2, 0.25) is 6.10 Å². The lowest BCUT2D eigenvalue weighted by atomic mass is 10.3. The molecule has 1 aromatic carbocycles. The fourth-order valence-electron chi connectivity index (χ4n) is 1.93. The van der Waals surface area contributed by atoms with E-state index in [2.05, 4.69) is 15.4 Å². The highest BCUT2D eigenvalue weighted by Gasteiger charge is 2.29. The number of cyclic esters (lactones) is 1. The van der Waals surface area contributed by atoms with Crippen LogP contribution in [0.1, 0.15) is 12.8 Å². The summed E-state index contributed by atoms with van der Waals surface area (Å²) in [6, 6.07) is 6.38. The normalized spacial score (nSPS) is 16.4. The second-order valence-corrected chi connectivity index (χ2v) is 4.79. The van der Waals surface area contributed by atoms with Crippen molar-refractivity contribution in [2.75, 3.05) is 25.6 Å². The zero-order valence-electron chi connectivity index (χ0n) is 12.7. The van der Waals surface area contributed by atoms with Crippen molar-refractivity contribution in [3.63, 3.8) is 0 Å². The van der Waals surface area contributed by atoms with E-state index in [9.17, 15) is 14.4 Å². The number of nitrogens with one attached hydrogen (secondary N) is 2. The van der Waals surface area contributed by atoms with Gasteiger partial charge in [0.25, 0.3) is 0 Å². The number of amides is 2. The number of esters is 2. The van der Waals surface area contributed by atoms with Crippen LogP contribution < -0.4 is 15.4 Å². The minimum Gasteiger partial charge on any atom is -0.497 e. The highest BCUT2D eigenvalue weighted by molar-refractivity contribution is 5.89. The smallest absolute Gasteiger partial charge is 0.347 e. The average molecular weight is 322 g/mol. The van der Waals surface area contributed by atoms with Crippen molar-refractivity contribution >= 4 is 23.7 Å². The number of carbonyl (C=O) groups is 3. The molecule has 124 valence electrons. The van der Waals surface area contributed by atoms with Gasteiger partial charge < -0.3 is 24.8 Å². The second-order valence-electron chi connectivity index (χ2n) is 4.79. The van der Waals surface area contributed by atoms with E-state index in [1.54, 1.807) is 31.4 Å². The monoisotopic (exact) mass is 322 g/mol. The fraction of sp³-hybridized carbons (Fsp3) is 0.400. The number of ether oxygens (including phenoxy) is 3. The molecule has 1 aromatic rings. The van der Waals surface area contributed by atoms with Crippen LogP contribution in [-0.2, 0) is 19.1 Å². The van der Waals surface area contributed by atoms with Crippen molar-refractivity contribution in [2.24, 2.45) is 0 Å². The largest absolute Gasteiger partial charge is 0.497 e. The van der Waals surface area contributed by atoms with Crippen LogP contribution in [0, 0.1) is 0 Å². The van der Waals surface area contributed by atoms with Gasteiger partial charge in [-0.1, -0.05) is 0 Å². The summed E-state index contributed by atoms with van der Waals surface area (Å²) in [6.45, 7) is 0.363.